The Bertz CT molecular complexity index is 374. The molecule has 1 N–H and O–H groups in total. The molecule has 0 aromatic rings. The largest absolute Gasteiger partial charge is 0.383 e. The van der Waals surface area contributed by atoms with Crippen LogP contribution in [0.5, 0.6) is 0 Å². The lowest BCUT2D eigenvalue weighted by Gasteiger charge is -2.35. The van der Waals surface area contributed by atoms with E-state index < -0.39 is 0 Å². The van der Waals surface area contributed by atoms with Crippen LogP contribution in [0.25, 0.3) is 0 Å². The average molecular weight is 385 g/mol. The Morgan fingerprint density at radius 2 is 1.46 bits per heavy atom. The van der Waals surface area contributed by atoms with Gasteiger partial charge >= 0.3 is 0 Å². The standard InChI is InChI=1S/C15H28N4O3.2ClH/c1-22-11-4-16-12-14(20)18-7-9-19(10-8-18)15(21)13-17-5-2-3-6-17;;/h16H,2-13H2,1H3;2*1H. The van der Waals surface area contributed by atoms with E-state index in [4.69, 9.17) is 4.74 Å². The molecule has 2 rings (SSSR count). The monoisotopic (exact) mass is 384 g/mol. The zero-order valence-electron chi connectivity index (χ0n) is 14.4. The number of nitrogens with one attached hydrogen (secondary N) is 1. The number of piperazine rings is 1. The van der Waals surface area contributed by atoms with Crippen molar-refractivity contribution in [3.8, 4) is 0 Å². The fourth-order valence-corrected chi connectivity index (χ4v) is 2.92. The van der Waals surface area contributed by atoms with Crippen molar-refractivity contribution >= 4 is 36.6 Å². The summed E-state index contributed by atoms with van der Waals surface area (Å²) in [6, 6.07) is 0. The van der Waals surface area contributed by atoms with Crippen LogP contribution in [-0.2, 0) is 14.3 Å². The second-order valence-corrected chi connectivity index (χ2v) is 5.91. The van der Waals surface area contributed by atoms with Gasteiger partial charge in [0, 0.05) is 39.8 Å². The van der Waals surface area contributed by atoms with Crippen molar-refractivity contribution in [3.63, 3.8) is 0 Å². The van der Waals surface area contributed by atoms with E-state index in [9.17, 15) is 9.59 Å². The Morgan fingerprint density at radius 3 is 2.00 bits per heavy atom. The van der Waals surface area contributed by atoms with Gasteiger partial charge in [0.1, 0.15) is 0 Å². The van der Waals surface area contributed by atoms with E-state index in [1.54, 1.807) is 7.11 Å². The van der Waals surface area contributed by atoms with Gasteiger partial charge in [0.25, 0.3) is 0 Å². The van der Waals surface area contributed by atoms with Crippen molar-refractivity contribution in [1.29, 1.82) is 0 Å². The van der Waals surface area contributed by atoms with Crippen molar-refractivity contribution in [3.05, 3.63) is 0 Å². The Hall–Kier alpha value is -0.600. The molecule has 0 unspecified atom stereocenters. The third-order valence-electron chi connectivity index (χ3n) is 4.30. The van der Waals surface area contributed by atoms with Crippen molar-refractivity contribution in [2.45, 2.75) is 12.8 Å². The maximum atomic E-state index is 12.2. The molecule has 0 saturated carbocycles. The maximum absolute atomic E-state index is 12.2. The highest BCUT2D eigenvalue weighted by molar-refractivity contribution is 5.85. The van der Waals surface area contributed by atoms with Gasteiger partial charge in [-0.3, -0.25) is 14.5 Å². The molecule has 0 spiro atoms. The Kier molecular flexibility index (Phi) is 12.4. The van der Waals surface area contributed by atoms with Gasteiger partial charge in [-0.2, -0.15) is 0 Å². The minimum absolute atomic E-state index is 0. The summed E-state index contributed by atoms with van der Waals surface area (Å²) in [7, 11) is 1.64. The van der Waals surface area contributed by atoms with E-state index in [1.165, 1.54) is 12.8 Å². The molecular weight excluding hydrogens is 355 g/mol. The topological polar surface area (TPSA) is 65.1 Å². The quantitative estimate of drug-likeness (QED) is 0.617. The molecule has 0 aromatic carbocycles. The third kappa shape index (κ3) is 7.53. The highest BCUT2D eigenvalue weighted by atomic mass is 35.5. The Balaban J connectivity index is 0.00000264. The first-order valence-electron chi connectivity index (χ1n) is 8.18. The summed E-state index contributed by atoms with van der Waals surface area (Å²) in [5.74, 6) is 0.301. The first-order valence-corrected chi connectivity index (χ1v) is 8.18. The van der Waals surface area contributed by atoms with E-state index >= 15 is 0 Å². The smallest absolute Gasteiger partial charge is 0.236 e. The van der Waals surface area contributed by atoms with Crippen molar-refractivity contribution in [1.82, 2.24) is 20.0 Å². The normalized spacial score (nSPS) is 18.0. The maximum Gasteiger partial charge on any atom is 0.236 e. The highest BCUT2D eigenvalue weighted by Crippen LogP contribution is 2.09. The first kappa shape index (κ1) is 23.4. The van der Waals surface area contributed by atoms with E-state index in [2.05, 4.69) is 10.2 Å². The van der Waals surface area contributed by atoms with Crippen molar-refractivity contribution < 1.29 is 14.3 Å². The summed E-state index contributed by atoms with van der Waals surface area (Å²) in [4.78, 5) is 30.2. The number of halogens is 2. The lowest BCUT2D eigenvalue weighted by atomic mass is 10.3. The summed E-state index contributed by atoms with van der Waals surface area (Å²) in [5.41, 5.74) is 0. The number of likely N-dealkylation sites (tertiary alicyclic amines) is 1. The van der Waals surface area contributed by atoms with Crippen molar-refractivity contribution in [2.24, 2.45) is 0 Å². The number of nitrogens with zero attached hydrogens (tertiary/aromatic N) is 3. The lowest BCUT2D eigenvalue weighted by Crippen LogP contribution is -2.53. The number of methoxy groups -OCH3 is 1. The van der Waals surface area contributed by atoms with Gasteiger partial charge in [0.2, 0.25) is 11.8 Å². The zero-order chi connectivity index (χ0) is 15.8. The molecule has 2 fully saturated rings. The predicted molar refractivity (Wildman–Crippen MR) is 98.1 cm³/mol. The van der Waals surface area contributed by atoms with Crippen LogP contribution >= 0.6 is 24.8 Å². The SMILES string of the molecule is COCCNCC(=O)N1CCN(C(=O)CN2CCCC2)CC1.Cl.Cl. The van der Waals surface area contributed by atoms with Crippen LogP contribution in [0.3, 0.4) is 0 Å². The summed E-state index contributed by atoms with van der Waals surface area (Å²) < 4.78 is 4.93. The predicted octanol–water partition coefficient (Wildman–Crippen LogP) is -0.167. The van der Waals surface area contributed by atoms with Gasteiger partial charge in [-0.15, -0.1) is 24.8 Å². The van der Waals surface area contributed by atoms with Gasteiger partial charge in [-0.1, -0.05) is 0 Å². The van der Waals surface area contributed by atoms with E-state index in [0.29, 0.717) is 52.4 Å². The van der Waals surface area contributed by atoms with Gasteiger partial charge in [-0.05, 0) is 25.9 Å². The summed E-state index contributed by atoms with van der Waals surface area (Å²) in [5, 5.41) is 3.06. The molecule has 2 heterocycles. The summed E-state index contributed by atoms with van der Waals surface area (Å²) in [6.07, 6.45) is 2.40. The van der Waals surface area contributed by atoms with Crippen LogP contribution in [0, 0.1) is 0 Å². The van der Waals surface area contributed by atoms with Gasteiger partial charge in [0.15, 0.2) is 0 Å². The van der Waals surface area contributed by atoms with Crippen LogP contribution < -0.4 is 5.32 Å². The minimum atomic E-state index is 0. The van der Waals surface area contributed by atoms with Crippen LogP contribution in [0.1, 0.15) is 12.8 Å². The molecule has 24 heavy (non-hydrogen) atoms. The molecule has 142 valence electrons. The van der Waals surface area contributed by atoms with Crippen LogP contribution in [-0.4, -0.2) is 99.1 Å². The third-order valence-corrected chi connectivity index (χ3v) is 4.30. The molecule has 7 nitrogen and oxygen atoms in total. The Morgan fingerprint density at radius 1 is 0.917 bits per heavy atom. The average Bonchev–Trinajstić information content (AvgIpc) is 3.04. The number of hydrogen-bond donors (Lipinski definition) is 1. The number of carbonyl (C=O) groups excluding carboxylic acids is 2. The molecule has 0 atom stereocenters. The van der Waals surface area contributed by atoms with Gasteiger partial charge in [-0.25, -0.2) is 0 Å². The molecule has 0 bridgehead atoms. The van der Waals surface area contributed by atoms with E-state index in [-0.39, 0.29) is 36.6 Å². The number of rotatable bonds is 7. The van der Waals surface area contributed by atoms with E-state index in [0.717, 1.165) is 13.1 Å². The van der Waals surface area contributed by atoms with Gasteiger partial charge in [0.05, 0.1) is 19.7 Å². The van der Waals surface area contributed by atoms with E-state index in [1.807, 2.05) is 9.80 Å². The number of ether oxygens (including phenoxy) is 1. The molecule has 2 aliphatic heterocycles. The zero-order valence-corrected chi connectivity index (χ0v) is 16.0. The second-order valence-electron chi connectivity index (χ2n) is 5.91. The van der Waals surface area contributed by atoms with Crippen LogP contribution in [0.4, 0.5) is 0 Å². The molecule has 0 aliphatic carbocycles. The number of carbonyl (C=O) groups is 2. The van der Waals surface area contributed by atoms with Crippen molar-refractivity contribution in [2.75, 3.05) is 72.6 Å². The first-order chi connectivity index (χ1) is 10.7. The minimum Gasteiger partial charge on any atom is -0.383 e. The fourth-order valence-electron chi connectivity index (χ4n) is 2.92. The second kappa shape index (κ2) is 12.7. The molecule has 0 radical (unpaired) electrons. The summed E-state index contributed by atoms with van der Waals surface area (Å²) >= 11 is 0. The molecule has 2 saturated heterocycles. The van der Waals surface area contributed by atoms with Gasteiger partial charge < -0.3 is 19.9 Å². The molecule has 0 aromatic heterocycles. The fraction of sp³-hybridized carbons (Fsp3) is 0.867. The van der Waals surface area contributed by atoms with Crippen LogP contribution in [0.2, 0.25) is 0 Å². The highest BCUT2D eigenvalue weighted by Gasteiger charge is 2.25. The molecule has 2 amide bonds. The summed E-state index contributed by atoms with van der Waals surface area (Å²) in [6.45, 7) is 6.80. The molecule has 9 heteroatoms. The lowest BCUT2D eigenvalue weighted by molar-refractivity contribution is -0.139. The number of hydrogen-bond acceptors (Lipinski definition) is 5. The molecular formula is C15H30Cl2N4O3. The van der Waals surface area contributed by atoms with Crippen LogP contribution in [0.15, 0.2) is 0 Å². The number of amides is 2. The molecule has 2 aliphatic rings. The Labute approximate surface area is 156 Å².